The third kappa shape index (κ3) is 7.86. The molecule has 21 heavy (non-hydrogen) atoms. The van der Waals surface area contributed by atoms with Gasteiger partial charge in [-0.3, -0.25) is 4.79 Å². The van der Waals surface area contributed by atoms with Gasteiger partial charge in [0.1, 0.15) is 0 Å². The number of hydrogen-bond acceptors (Lipinski definition) is 2. The number of allylic oxidation sites excluding steroid dienone is 5. The number of rotatable bonds is 3. The van der Waals surface area contributed by atoms with E-state index in [-0.39, 0.29) is 17.9 Å². The summed E-state index contributed by atoms with van der Waals surface area (Å²) in [4.78, 5) is 11.6. The van der Waals surface area contributed by atoms with Crippen molar-refractivity contribution < 1.29 is 4.79 Å². The maximum Gasteiger partial charge on any atom is 0.223 e. The van der Waals surface area contributed by atoms with Crippen molar-refractivity contribution in [3.63, 3.8) is 0 Å². The highest BCUT2D eigenvalue weighted by molar-refractivity contribution is 5.79. The minimum absolute atomic E-state index is 0.107. The molecule has 3 nitrogen and oxygen atoms in total. The van der Waals surface area contributed by atoms with E-state index >= 15 is 0 Å². The molecule has 1 amide bonds. The molecule has 3 N–H and O–H groups in total. The van der Waals surface area contributed by atoms with Crippen molar-refractivity contribution in [3.05, 3.63) is 36.0 Å². The van der Waals surface area contributed by atoms with E-state index in [1.54, 1.807) is 0 Å². The van der Waals surface area contributed by atoms with E-state index in [1.807, 2.05) is 40.7 Å². The normalized spacial score (nSPS) is 25.8. The zero-order valence-electron chi connectivity index (χ0n) is 14.8. The highest BCUT2D eigenvalue weighted by atomic mass is 16.2. The van der Waals surface area contributed by atoms with Crippen LogP contribution in [-0.2, 0) is 4.79 Å². The number of piperidine rings is 1. The topological polar surface area (TPSA) is 55.1 Å². The van der Waals surface area contributed by atoms with Crippen LogP contribution in [0.3, 0.4) is 0 Å². The summed E-state index contributed by atoms with van der Waals surface area (Å²) < 4.78 is 0. The molecule has 3 heteroatoms. The first-order chi connectivity index (χ1) is 10.1. The largest absolute Gasteiger partial charge is 0.353 e. The first-order valence-electron chi connectivity index (χ1n) is 7.93. The van der Waals surface area contributed by atoms with Crippen LogP contribution >= 0.6 is 0 Å². The van der Waals surface area contributed by atoms with Crippen molar-refractivity contribution in [2.45, 2.75) is 54.0 Å². The molecule has 3 atom stereocenters. The van der Waals surface area contributed by atoms with Gasteiger partial charge >= 0.3 is 0 Å². The quantitative estimate of drug-likeness (QED) is 0.777. The molecule has 1 aliphatic heterocycles. The van der Waals surface area contributed by atoms with Gasteiger partial charge in [-0.1, -0.05) is 51.2 Å². The highest BCUT2D eigenvalue weighted by Crippen LogP contribution is 2.29. The average molecular weight is 294 g/mol. The lowest BCUT2D eigenvalue weighted by atomic mass is 9.80. The average Bonchev–Trinajstić information content (AvgIpc) is 2.51. The highest BCUT2D eigenvalue weighted by Gasteiger charge is 2.31. The Morgan fingerprint density at radius 1 is 1.19 bits per heavy atom. The molecule has 1 rings (SSSR count). The van der Waals surface area contributed by atoms with Crippen molar-refractivity contribution in [1.82, 2.24) is 5.32 Å². The van der Waals surface area contributed by atoms with Gasteiger partial charge in [0.2, 0.25) is 5.91 Å². The molecule has 0 aromatic carbocycles. The molecule has 1 aliphatic rings. The van der Waals surface area contributed by atoms with Gasteiger partial charge in [0.25, 0.3) is 0 Å². The van der Waals surface area contributed by atoms with Crippen LogP contribution in [0.4, 0.5) is 0 Å². The van der Waals surface area contributed by atoms with E-state index in [0.717, 1.165) is 6.42 Å². The fraction of sp³-hybridized carbons (Fsp3) is 0.611. The van der Waals surface area contributed by atoms with Crippen LogP contribution in [0, 0.1) is 11.8 Å². The minimum Gasteiger partial charge on any atom is -0.353 e. The lowest BCUT2D eigenvalue weighted by molar-refractivity contribution is -0.127. The maximum absolute atomic E-state index is 11.6. The monoisotopic (exact) mass is 294 g/mol. The van der Waals surface area contributed by atoms with Crippen LogP contribution in [0.5, 0.6) is 0 Å². The van der Waals surface area contributed by atoms with Crippen LogP contribution < -0.4 is 11.1 Å². The lowest BCUT2D eigenvalue weighted by Gasteiger charge is -2.34. The predicted octanol–water partition coefficient (Wildman–Crippen LogP) is 3.83. The molecule has 0 spiro atoms. The third-order valence-electron chi connectivity index (χ3n) is 3.30. The van der Waals surface area contributed by atoms with Crippen LogP contribution in [-0.4, -0.2) is 19.0 Å². The Morgan fingerprint density at radius 3 is 2.24 bits per heavy atom. The summed E-state index contributed by atoms with van der Waals surface area (Å²) in [5.74, 6) is 0.699. The van der Waals surface area contributed by atoms with E-state index in [9.17, 15) is 4.79 Å². The molecule has 1 heterocycles. The number of carbonyl (C=O) groups excluding carboxylic acids is 1. The first kappa shape index (κ1) is 21.9. The van der Waals surface area contributed by atoms with E-state index in [1.165, 1.54) is 12.6 Å². The van der Waals surface area contributed by atoms with Gasteiger partial charge in [-0.15, -0.1) is 0 Å². The van der Waals surface area contributed by atoms with Gasteiger partial charge in [0.05, 0.1) is 0 Å². The van der Waals surface area contributed by atoms with Gasteiger partial charge in [0.15, 0.2) is 0 Å². The smallest absolute Gasteiger partial charge is 0.223 e. The molecular weight excluding hydrogens is 260 g/mol. The van der Waals surface area contributed by atoms with E-state index in [0.29, 0.717) is 5.92 Å². The van der Waals surface area contributed by atoms with Gasteiger partial charge < -0.3 is 11.1 Å². The van der Waals surface area contributed by atoms with Crippen LogP contribution in [0.25, 0.3) is 0 Å². The van der Waals surface area contributed by atoms with E-state index < -0.39 is 0 Å². The Kier molecular flexibility index (Phi) is 14.2. The molecule has 0 aromatic heterocycles. The SMILES string of the molecule is CC.CN.C\C=C/C=C(\C=C/C)[C@@H]1CC(C)C(=O)N[C@@H]1C. The van der Waals surface area contributed by atoms with E-state index in [4.69, 9.17) is 0 Å². The van der Waals surface area contributed by atoms with Crippen molar-refractivity contribution in [3.8, 4) is 0 Å². The zero-order chi connectivity index (χ0) is 16.8. The third-order valence-corrected chi connectivity index (χ3v) is 3.30. The Morgan fingerprint density at radius 2 is 1.76 bits per heavy atom. The Labute approximate surface area is 131 Å². The van der Waals surface area contributed by atoms with Crippen molar-refractivity contribution >= 4 is 5.91 Å². The number of nitrogens with two attached hydrogens (primary N) is 1. The molecule has 0 aromatic rings. The second-order valence-corrected chi connectivity index (χ2v) is 4.73. The minimum atomic E-state index is 0.107. The predicted molar refractivity (Wildman–Crippen MR) is 94.0 cm³/mol. The van der Waals surface area contributed by atoms with Gasteiger partial charge in [0, 0.05) is 17.9 Å². The molecule has 1 unspecified atom stereocenters. The summed E-state index contributed by atoms with van der Waals surface area (Å²) in [5, 5.41) is 3.06. The fourth-order valence-corrected chi connectivity index (χ4v) is 2.29. The second-order valence-electron chi connectivity index (χ2n) is 4.73. The number of carbonyl (C=O) groups is 1. The number of hydrogen-bond donors (Lipinski definition) is 2. The van der Waals surface area contributed by atoms with Crippen molar-refractivity contribution in [1.29, 1.82) is 0 Å². The number of amides is 1. The first-order valence-corrected chi connectivity index (χ1v) is 7.93. The van der Waals surface area contributed by atoms with Gasteiger partial charge in [-0.25, -0.2) is 0 Å². The van der Waals surface area contributed by atoms with Crippen LogP contribution in [0.2, 0.25) is 0 Å². The van der Waals surface area contributed by atoms with Crippen LogP contribution in [0.1, 0.15) is 48.0 Å². The summed E-state index contributed by atoms with van der Waals surface area (Å²) in [6.45, 7) is 12.1. The summed E-state index contributed by atoms with van der Waals surface area (Å²) in [6, 6.07) is 0.214. The lowest BCUT2D eigenvalue weighted by Crippen LogP contribution is -2.47. The molecule has 1 saturated heterocycles. The molecule has 0 saturated carbocycles. The van der Waals surface area contributed by atoms with Crippen molar-refractivity contribution in [2.24, 2.45) is 17.6 Å². The summed E-state index contributed by atoms with van der Waals surface area (Å²) >= 11 is 0. The maximum atomic E-state index is 11.6. The summed E-state index contributed by atoms with van der Waals surface area (Å²) in [7, 11) is 1.50. The van der Waals surface area contributed by atoms with Gasteiger partial charge in [-0.2, -0.15) is 0 Å². The second kappa shape index (κ2) is 13.6. The molecule has 122 valence electrons. The molecule has 0 radical (unpaired) electrons. The van der Waals surface area contributed by atoms with E-state index in [2.05, 4.69) is 42.3 Å². The zero-order valence-corrected chi connectivity index (χ0v) is 14.8. The molecule has 0 bridgehead atoms. The summed E-state index contributed by atoms with van der Waals surface area (Å²) in [5.41, 5.74) is 5.80. The molecule has 0 aliphatic carbocycles. The van der Waals surface area contributed by atoms with Crippen LogP contribution in [0.15, 0.2) is 36.0 Å². The Bertz CT molecular complexity index is 356. The Hall–Kier alpha value is -1.35. The van der Waals surface area contributed by atoms with Crippen molar-refractivity contribution in [2.75, 3.05) is 7.05 Å². The standard InChI is InChI=1S/C15H23NO.C2H6.CH5N/c1-5-7-9-13(8-6-2)14-10-11(3)15(17)16-12(14)4;2*1-2/h5-9,11-12,14H,10H2,1-4H3,(H,16,17);1-2H3;2H2,1H3/b7-5-,8-6-,13-9+;;/t11?,12-,14-;;/m1../s1. The fourth-order valence-electron chi connectivity index (χ4n) is 2.29. The van der Waals surface area contributed by atoms with Gasteiger partial charge in [-0.05, 0) is 39.8 Å². The Balaban J connectivity index is 0. The number of nitrogens with one attached hydrogen (secondary N) is 1. The molecule has 1 fully saturated rings. The molecular formula is C18H34N2O. The summed E-state index contributed by atoms with van der Waals surface area (Å²) in [6.07, 6.45) is 11.4.